The van der Waals surface area contributed by atoms with Gasteiger partial charge in [-0.05, 0) is 25.7 Å². The average Bonchev–Trinajstić information content (AvgIpc) is 2.25. The van der Waals surface area contributed by atoms with E-state index < -0.39 is 0 Å². The lowest BCUT2D eigenvalue weighted by Crippen LogP contribution is -2.23. The smallest absolute Gasteiger partial charge is 0.185 e. The van der Waals surface area contributed by atoms with Crippen LogP contribution in [0.25, 0.3) is 0 Å². The van der Waals surface area contributed by atoms with Gasteiger partial charge in [-0.25, -0.2) is 0 Å². The van der Waals surface area contributed by atoms with Crippen LogP contribution in [0, 0.1) is 5.92 Å². The summed E-state index contributed by atoms with van der Waals surface area (Å²) >= 11 is 0. The van der Waals surface area contributed by atoms with Gasteiger partial charge in [-0.2, -0.15) is 0 Å². The van der Waals surface area contributed by atoms with Crippen LogP contribution in [-0.4, -0.2) is 18.3 Å². The summed E-state index contributed by atoms with van der Waals surface area (Å²) < 4.78 is 0. The monoisotopic (exact) mass is 227 g/mol. The molecule has 0 fully saturated rings. The van der Waals surface area contributed by atoms with Crippen LogP contribution >= 0.6 is 0 Å². The SMILES string of the molecule is CCCCC(=O)[C@H](CC)CCCN=C(N)N. The molecule has 4 nitrogen and oxygen atoms in total. The van der Waals surface area contributed by atoms with Crippen molar-refractivity contribution in [2.75, 3.05) is 6.54 Å². The fourth-order valence-corrected chi connectivity index (χ4v) is 1.69. The van der Waals surface area contributed by atoms with E-state index >= 15 is 0 Å². The van der Waals surface area contributed by atoms with E-state index in [1.807, 2.05) is 0 Å². The summed E-state index contributed by atoms with van der Waals surface area (Å²) in [7, 11) is 0. The summed E-state index contributed by atoms with van der Waals surface area (Å²) in [6.07, 6.45) is 5.51. The van der Waals surface area contributed by atoms with Crippen LogP contribution in [0.15, 0.2) is 4.99 Å². The van der Waals surface area contributed by atoms with Crippen molar-refractivity contribution in [2.45, 2.75) is 52.4 Å². The number of hydrogen-bond acceptors (Lipinski definition) is 2. The van der Waals surface area contributed by atoms with Crippen molar-refractivity contribution in [2.24, 2.45) is 22.4 Å². The Balaban J connectivity index is 3.82. The highest BCUT2D eigenvalue weighted by Gasteiger charge is 2.14. The lowest BCUT2D eigenvalue weighted by Gasteiger charge is -2.12. The molecule has 0 saturated heterocycles. The highest BCUT2D eigenvalue weighted by Crippen LogP contribution is 2.15. The molecule has 4 N–H and O–H groups in total. The Hall–Kier alpha value is -1.06. The van der Waals surface area contributed by atoms with Crippen molar-refractivity contribution >= 4 is 11.7 Å². The molecule has 0 aliphatic rings. The third kappa shape index (κ3) is 7.26. The first-order chi connectivity index (χ1) is 7.61. The molecule has 0 spiro atoms. The van der Waals surface area contributed by atoms with E-state index in [2.05, 4.69) is 18.8 Å². The summed E-state index contributed by atoms with van der Waals surface area (Å²) in [6.45, 7) is 4.79. The molecule has 4 heteroatoms. The van der Waals surface area contributed by atoms with Gasteiger partial charge in [0, 0.05) is 18.9 Å². The van der Waals surface area contributed by atoms with Crippen LogP contribution in [0.3, 0.4) is 0 Å². The molecule has 0 aliphatic heterocycles. The van der Waals surface area contributed by atoms with Crippen LogP contribution < -0.4 is 11.5 Å². The van der Waals surface area contributed by atoms with Gasteiger partial charge < -0.3 is 11.5 Å². The minimum Gasteiger partial charge on any atom is -0.370 e. The van der Waals surface area contributed by atoms with Gasteiger partial charge in [-0.15, -0.1) is 0 Å². The third-order valence-electron chi connectivity index (χ3n) is 2.73. The van der Waals surface area contributed by atoms with Crippen LogP contribution in [0.2, 0.25) is 0 Å². The number of unbranched alkanes of at least 4 members (excludes halogenated alkanes) is 1. The van der Waals surface area contributed by atoms with E-state index in [1.165, 1.54) is 0 Å². The van der Waals surface area contributed by atoms with Gasteiger partial charge in [0.2, 0.25) is 0 Å². The van der Waals surface area contributed by atoms with Crippen molar-refractivity contribution in [3.63, 3.8) is 0 Å². The lowest BCUT2D eigenvalue weighted by atomic mass is 9.92. The first kappa shape index (κ1) is 14.9. The summed E-state index contributed by atoms with van der Waals surface area (Å²) in [5.41, 5.74) is 10.5. The quantitative estimate of drug-likeness (QED) is 0.358. The molecule has 0 aromatic carbocycles. The molecule has 0 amide bonds. The Labute approximate surface area is 98.5 Å². The van der Waals surface area contributed by atoms with Gasteiger partial charge in [-0.3, -0.25) is 9.79 Å². The number of aliphatic imine (C=N–C) groups is 1. The number of carbonyl (C=O) groups excluding carboxylic acids is 1. The van der Waals surface area contributed by atoms with Crippen LogP contribution in [0.5, 0.6) is 0 Å². The standard InChI is InChI=1S/C12H25N3O/c1-3-5-8-11(16)10(4-2)7-6-9-15-12(13)14/h10H,3-9H2,1-2H3,(H4,13,14,15)/t10-/m1/s1. The van der Waals surface area contributed by atoms with Gasteiger partial charge in [0.1, 0.15) is 5.78 Å². The highest BCUT2D eigenvalue weighted by atomic mass is 16.1. The van der Waals surface area contributed by atoms with E-state index in [4.69, 9.17) is 11.5 Å². The maximum absolute atomic E-state index is 11.8. The second-order valence-electron chi connectivity index (χ2n) is 4.12. The largest absolute Gasteiger partial charge is 0.370 e. The minimum absolute atomic E-state index is 0.130. The number of nitrogens with zero attached hydrogens (tertiary/aromatic N) is 1. The second-order valence-corrected chi connectivity index (χ2v) is 4.12. The Kier molecular flexibility index (Phi) is 8.58. The molecule has 0 aliphatic carbocycles. The topological polar surface area (TPSA) is 81.5 Å². The summed E-state index contributed by atoms with van der Waals surface area (Å²) in [5.74, 6) is 0.722. The zero-order valence-electron chi connectivity index (χ0n) is 10.5. The molecule has 16 heavy (non-hydrogen) atoms. The van der Waals surface area contributed by atoms with E-state index in [-0.39, 0.29) is 11.9 Å². The molecule has 1 atom stereocenters. The van der Waals surface area contributed by atoms with Crippen molar-refractivity contribution < 1.29 is 4.79 Å². The average molecular weight is 227 g/mol. The molecule has 0 radical (unpaired) electrons. The van der Waals surface area contributed by atoms with Crippen molar-refractivity contribution in [3.05, 3.63) is 0 Å². The number of Topliss-reactive ketones (excluding diaryl/α,β-unsaturated/α-hetero) is 1. The highest BCUT2D eigenvalue weighted by molar-refractivity contribution is 5.80. The molecule has 0 aromatic heterocycles. The Bertz CT molecular complexity index is 222. The predicted molar refractivity (Wildman–Crippen MR) is 68.2 cm³/mol. The van der Waals surface area contributed by atoms with E-state index in [0.717, 1.165) is 38.5 Å². The summed E-state index contributed by atoms with van der Waals surface area (Å²) in [6, 6.07) is 0. The van der Waals surface area contributed by atoms with Crippen molar-refractivity contribution in [1.29, 1.82) is 0 Å². The zero-order chi connectivity index (χ0) is 12.4. The maximum atomic E-state index is 11.8. The fraction of sp³-hybridized carbons (Fsp3) is 0.833. The predicted octanol–water partition coefficient (Wildman–Crippen LogP) is 1.83. The Morgan fingerprint density at radius 3 is 2.44 bits per heavy atom. The maximum Gasteiger partial charge on any atom is 0.185 e. The van der Waals surface area contributed by atoms with Gasteiger partial charge >= 0.3 is 0 Å². The molecule has 0 rings (SSSR count). The molecule has 0 unspecified atom stereocenters. The van der Waals surface area contributed by atoms with Gasteiger partial charge in [0.25, 0.3) is 0 Å². The first-order valence-corrected chi connectivity index (χ1v) is 6.19. The minimum atomic E-state index is 0.130. The van der Waals surface area contributed by atoms with Crippen LogP contribution in [-0.2, 0) is 4.79 Å². The Morgan fingerprint density at radius 1 is 1.25 bits per heavy atom. The third-order valence-corrected chi connectivity index (χ3v) is 2.73. The van der Waals surface area contributed by atoms with E-state index in [9.17, 15) is 4.79 Å². The van der Waals surface area contributed by atoms with Gasteiger partial charge in [0.05, 0.1) is 0 Å². The fourth-order valence-electron chi connectivity index (χ4n) is 1.69. The van der Waals surface area contributed by atoms with Crippen LogP contribution in [0.4, 0.5) is 0 Å². The van der Waals surface area contributed by atoms with E-state index in [0.29, 0.717) is 12.3 Å². The second kappa shape index (κ2) is 9.19. The number of rotatable bonds is 9. The number of nitrogens with two attached hydrogens (primary N) is 2. The molecular formula is C12H25N3O. The van der Waals surface area contributed by atoms with Gasteiger partial charge in [-0.1, -0.05) is 20.3 Å². The summed E-state index contributed by atoms with van der Waals surface area (Å²) in [5, 5.41) is 0. The van der Waals surface area contributed by atoms with E-state index in [1.54, 1.807) is 0 Å². The van der Waals surface area contributed by atoms with Crippen molar-refractivity contribution in [1.82, 2.24) is 0 Å². The Morgan fingerprint density at radius 2 is 1.94 bits per heavy atom. The normalized spacial score (nSPS) is 12.1. The first-order valence-electron chi connectivity index (χ1n) is 6.19. The number of hydrogen-bond donors (Lipinski definition) is 2. The lowest BCUT2D eigenvalue weighted by molar-refractivity contribution is -0.123. The van der Waals surface area contributed by atoms with Crippen LogP contribution in [0.1, 0.15) is 52.4 Å². The molecule has 0 bridgehead atoms. The molecule has 0 aromatic rings. The number of ketones is 1. The molecular weight excluding hydrogens is 202 g/mol. The van der Waals surface area contributed by atoms with Crippen molar-refractivity contribution in [3.8, 4) is 0 Å². The summed E-state index contributed by atoms with van der Waals surface area (Å²) in [4.78, 5) is 15.7. The number of guanidine groups is 1. The molecule has 94 valence electrons. The molecule has 0 heterocycles. The van der Waals surface area contributed by atoms with Gasteiger partial charge in [0.15, 0.2) is 5.96 Å². The zero-order valence-corrected chi connectivity index (χ0v) is 10.5. The molecule has 0 saturated carbocycles. The number of carbonyl (C=O) groups is 1.